The smallest absolute Gasteiger partial charge is 0.255 e. The third-order valence-electron chi connectivity index (χ3n) is 4.89. The van der Waals surface area contributed by atoms with E-state index in [0.717, 1.165) is 22.2 Å². The van der Waals surface area contributed by atoms with Crippen molar-refractivity contribution in [1.29, 1.82) is 0 Å². The number of imidazole rings is 1. The normalized spacial score (nSPS) is 12.9. The second-order valence-corrected chi connectivity index (χ2v) is 6.94. The molecule has 1 aliphatic heterocycles. The molecule has 0 unspecified atom stereocenters. The average molecular weight is 397 g/mol. The quantitative estimate of drug-likeness (QED) is 0.496. The van der Waals surface area contributed by atoms with Crippen molar-refractivity contribution in [2.75, 3.05) is 6.79 Å². The van der Waals surface area contributed by atoms with Crippen LogP contribution in [0.4, 0.5) is 0 Å². The van der Waals surface area contributed by atoms with Crippen molar-refractivity contribution < 1.29 is 14.3 Å². The molecule has 0 fully saturated rings. The van der Waals surface area contributed by atoms with E-state index in [-0.39, 0.29) is 12.7 Å². The number of carbonyl (C=O) groups excluding carboxylic acids is 1. The van der Waals surface area contributed by atoms with Gasteiger partial charge >= 0.3 is 0 Å². The maximum Gasteiger partial charge on any atom is 0.255 e. The molecule has 1 aromatic heterocycles. The van der Waals surface area contributed by atoms with Gasteiger partial charge in [-0.3, -0.25) is 4.79 Å². The molecule has 3 aromatic carbocycles. The third kappa shape index (κ3) is 3.63. The molecule has 0 atom stereocenters. The Labute approximate surface area is 173 Å². The highest BCUT2D eigenvalue weighted by atomic mass is 16.7. The molecule has 148 valence electrons. The summed E-state index contributed by atoms with van der Waals surface area (Å²) in [6.07, 6.45) is 1.81. The van der Waals surface area contributed by atoms with E-state index in [9.17, 15) is 4.79 Å². The van der Waals surface area contributed by atoms with Gasteiger partial charge in [0.15, 0.2) is 11.5 Å². The number of hydrogen-bond acceptors (Lipinski definition) is 4. The number of aromatic amines is 1. The second-order valence-electron chi connectivity index (χ2n) is 6.94. The van der Waals surface area contributed by atoms with Gasteiger partial charge in [-0.25, -0.2) is 4.98 Å². The van der Waals surface area contributed by atoms with Gasteiger partial charge in [-0.15, -0.1) is 0 Å². The first-order chi connectivity index (χ1) is 14.8. The van der Waals surface area contributed by atoms with E-state index < -0.39 is 0 Å². The van der Waals surface area contributed by atoms with E-state index in [1.807, 2.05) is 72.8 Å². The van der Waals surface area contributed by atoms with Crippen LogP contribution in [0.3, 0.4) is 0 Å². The minimum atomic E-state index is -0.212. The number of hydrogen-bond donors (Lipinski definition) is 2. The van der Waals surface area contributed by atoms with Crippen LogP contribution in [0.5, 0.6) is 11.5 Å². The molecule has 30 heavy (non-hydrogen) atoms. The Kier molecular flexibility index (Phi) is 4.65. The van der Waals surface area contributed by atoms with Crippen LogP contribution in [0.15, 0.2) is 72.8 Å². The summed E-state index contributed by atoms with van der Waals surface area (Å²) in [5.41, 5.74) is 3.98. The van der Waals surface area contributed by atoms with Crippen molar-refractivity contribution in [1.82, 2.24) is 15.3 Å². The summed E-state index contributed by atoms with van der Waals surface area (Å²) >= 11 is 0. The average Bonchev–Trinajstić information content (AvgIpc) is 3.42. The van der Waals surface area contributed by atoms with Crippen molar-refractivity contribution in [3.05, 3.63) is 89.7 Å². The Morgan fingerprint density at radius 2 is 1.80 bits per heavy atom. The van der Waals surface area contributed by atoms with Crippen LogP contribution in [0.25, 0.3) is 22.7 Å². The lowest BCUT2D eigenvalue weighted by Gasteiger charge is -2.08. The predicted molar refractivity (Wildman–Crippen MR) is 115 cm³/mol. The molecule has 6 nitrogen and oxygen atoms in total. The molecule has 0 radical (unpaired) electrons. The van der Waals surface area contributed by atoms with Crippen molar-refractivity contribution in [3.63, 3.8) is 0 Å². The van der Waals surface area contributed by atoms with E-state index in [1.165, 1.54) is 0 Å². The van der Waals surface area contributed by atoms with Gasteiger partial charge in [0, 0.05) is 6.54 Å². The standard InChI is InChI=1S/C24H19N3O3/c28-24(25-14-16-6-2-1-3-7-16)18(23-26-19-8-4-5-9-20(19)27-23)12-17-10-11-21-22(13-17)30-15-29-21/h1-13H,14-15H2,(H,25,28)(H,26,27). The van der Waals surface area contributed by atoms with Gasteiger partial charge < -0.3 is 19.8 Å². The molecule has 0 spiro atoms. The fraction of sp³-hybridized carbons (Fsp3) is 0.0833. The van der Waals surface area contributed by atoms with Gasteiger partial charge in [-0.2, -0.15) is 0 Å². The summed E-state index contributed by atoms with van der Waals surface area (Å²) in [4.78, 5) is 21.0. The lowest BCUT2D eigenvalue weighted by molar-refractivity contribution is -0.115. The van der Waals surface area contributed by atoms with Gasteiger partial charge in [0.25, 0.3) is 5.91 Å². The Hall–Kier alpha value is -4.06. The monoisotopic (exact) mass is 397 g/mol. The maximum atomic E-state index is 13.1. The Morgan fingerprint density at radius 1 is 1.00 bits per heavy atom. The number of carbonyl (C=O) groups is 1. The molecule has 0 saturated heterocycles. The van der Waals surface area contributed by atoms with E-state index in [4.69, 9.17) is 9.47 Å². The van der Waals surface area contributed by atoms with Gasteiger partial charge in [0.05, 0.1) is 16.6 Å². The van der Waals surface area contributed by atoms with Gasteiger partial charge in [0.2, 0.25) is 6.79 Å². The lowest BCUT2D eigenvalue weighted by atomic mass is 10.1. The molecule has 6 heteroatoms. The molecular weight excluding hydrogens is 378 g/mol. The molecule has 5 rings (SSSR count). The molecule has 2 N–H and O–H groups in total. The maximum absolute atomic E-state index is 13.1. The zero-order chi connectivity index (χ0) is 20.3. The Morgan fingerprint density at radius 3 is 2.67 bits per heavy atom. The number of nitrogens with zero attached hydrogens (tertiary/aromatic N) is 1. The number of nitrogens with one attached hydrogen (secondary N) is 2. The van der Waals surface area contributed by atoms with E-state index in [0.29, 0.717) is 29.4 Å². The summed E-state index contributed by atoms with van der Waals surface area (Å²) in [7, 11) is 0. The highest BCUT2D eigenvalue weighted by Gasteiger charge is 2.18. The van der Waals surface area contributed by atoms with Crippen molar-refractivity contribution in [2.45, 2.75) is 6.54 Å². The number of rotatable bonds is 5. The zero-order valence-electron chi connectivity index (χ0n) is 16.1. The third-order valence-corrected chi connectivity index (χ3v) is 4.89. The minimum Gasteiger partial charge on any atom is -0.454 e. The lowest BCUT2D eigenvalue weighted by Crippen LogP contribution is -2.24. The van der Waals surface area contributed by atoms with Crippen LogP contribution in [0.1, 0.15) is 17.0 Å². The summed E-state index contributed by atoms with van der Waals surface area (Å²) in [6, 6.07) is 23.1. The minimum absolute atomic E-state index is 0.205. The van der Waals surface area contributed by atoms with Crippen LogP contribution in [-0.4, -0.2) is 22.7 Å². The summed E-state index contributed by atoms with van der Waals surface area (Å²) in [5.74, 6) is 1.67. The van der Waals surface area contributed by atoms with Crippen LogP contribution < -0.4 is 14.8 Å². The van der Waals surface area contributed by atoms with Crippen LogP contribution in [0, 0.1) is 0 Å². The molecule has 0 saturated carbocycles. The number of para-hydroxylation sites is 2. The van der Waals surface area contributed by atoms with E-state index >= 15 is 0 Å². The highest BCUT2D eigenvalue weighted by Crippen LogP contribution is 2.33. The zero-order valence-corrected chi connectivity index (χ0v) is 16.1. The van der Waals surface area contributed by atoms with Crippen molar-refractivity contribution in [3.8, 4) is 11.5 Å². The first-order valence-corrected chi connectivity index (χ1v) is 9.65. The molecular formula is C24H19N3O3. The SMILES string of the molecule is O=C(NCc1ccccc1)C(=Cc1ccc2c(c1)OCO2)c1nc2ccccc2[nH]1. The second kappa shape index (κ2) is 7.75. The first-order valence-electron chi connectivity index (χ1n) is 9.65. The number of amides is 1. The van der Waals surface area contributed by atoms with Crippen LogP contribution in [-0.2, 0) is 11.3 Å². The fourth-order valence-electron chi connectivity index (χ4n) is 3.36. The Balaban J connectivity index is 1.50. The van der Waals surface area contributed by atoms with Crippen LogP contribution in [0.2, 0.25) is 0 Å². The number of fused-ring (bicyclic) bond motifs is 2. The highest BCUT2D eigenvalue weighted by molar-refractivity contribution is 6.23. The summed E-state index contributed by atoms with van der Waals surface area (Å²) in [5, 5.41) is 2.99. The van der Waals surface area contributed by atoms with Gasteiger partial charge in [-0.1, -0.05) is 48.5 Å². The molecule has 2 heterocycles. The van der Waals surface area contributed by atoms with E-state index in [2.05, 4.69) is 15.3 Å². The largest absolute Gasteiger partial charge is 0.454 e. The molecule has 1 amide bonds. The first kappa shape index (κ1) is 18.0. The van der Waals surface area contributed by atoms with Crippen LogP contribution >= 0.6 is 0 Å². The van der Waals surface area contributed by atoms with Gasteiger partial charge in [-0.05, 0) is 41.5 Å². The summed E-state index contributed by atoms with van der Waals surface area (Å²) in [6.45, 7) is 0.634. The molecule has 1 aliphatic rings. The van der Waals surface area contributed by atoms with E-state index in [1.54, 1.807) is 6.08 Å². The number of benzene rings is 3. The predicted octanol–water partition coefficient (Wildman–Crippen LogP) is 4.15. The molecule has 0 bridgehead atoms. The molecule has 4 aromatic rings. The summed E-state index contributed by atoms with van der Waals surface area (Å²) < 4.78 is 10.8. The van der Waals surface area contributed by atoms with Crippen molar-refractivity contribution in [2.24, 2.45) is 0 Å². The number of aromatic nitrogens is 2. The van der Waals surface area contributed by atoms with Crippen molar-refractivity contribution >= 4 is 28.6 Å². The Bertz CT molecular complexity index is 1210. The number of ether oxygens (including phenoxy) is 2. The van der Waals surface area contributed by atoms with Gasteiger partial charge in [0.1, 0.15) is 5.82 Å². The fourth-order valence-corrected chi connectivity index (χ4v) is 3.36. The topological polar surface area (TPSA) is 76.2 Å². The number of H-pyrrole nitrogens is 1. The molecule has 0 aliphatic carbocycles.